The average Bonchev–Trinajstić information content (AvgIpc) is 3.19. The highest BCUT2D eigenvalue weighted by Gasteiger charge is 2.04. The van der Waals surface area contributed by atoms with E-state index in [9.17, 15) is 4.79 Å². The lowest BCUT2D eigenvalue weighted by atomic mass is 10.2. The summed E-state index contributed by atoms with van der Waals surface area (Å²) >= 11 is 0. The Hall–Kier alpha value is -2.96. The van der Waals surface area contributed by atoms with E-state index in [1.54, 1.807) is 21.9 Å². The van der Waals surface area contributed by atoms with Crippen molar-refractivity contribution in [3.05, 3.63) is 60.4 Å². The van der Waals surface area contributed by atoms with Crippen LogP contribution >= 0.6 is 0 Å². The van der Waals surface area contributed by atoms with E-state index in [4.69, 9.17) is 0 Å². The molecule has 7 nitrogen and oxygen atoms in total. The Bertz CT molecular complexity index is 760. The molecule has 0 aliphatic heterocycles. The Morgan fingerprint density at radius 3 is 2.65 bits per heavy atom. The molecular weight excluding hydrogens is 292 g/mol. The molecule has 0 atom stereocenters. The number of nitrogens with zero attached hydrogens (tertiary/aromatic N) is 5. The zero-order valence-corrected chi connectivity index (χ0v) is 12.9. The van der Waals surface area contributed by atoms with Crippen molar-refractivity contribution in [1.29, 1.82) is 0 Å². The van der Waals surface area contributed by atoms with Crippen molar-refractivity contribution in [3.63, 3.8) is 0 Å². The molecule has 7 heteroatoms. The van der Waals surface area contributed by atoms with Gasteiger partial charge < -0.3 is 5.32 Å². The molecule has 118 valence electrons. The molecule has 2 aromatic heterocycles. The molecule has 23 heavy (non-hydrogen) atoms. The first-order valence-corrected chi connectivity index (χ1v) is 7.39. The van der Waals surface area contributed by atoms with Crippen LogP contribution in [-0.2, 0) is 17.9 Å². The summed E-state index contributed by atoms with van der Waals surface area (Å²) in [4.78, 5) is 15.9. The van der Waals surface area contributed by atoms with Gasteiger partial charge in [0, 0.05) is 24.8 Å². The molecule has 0 fully saturated rings. The third-order valence-electron chi connectivity index (χ3n) is 3.38. The predicted molar refractivity (Wildman–Crippen MR) is 85.8 cm³/mol. The van der Waals surface area contributed by atoms with Gasteiger partial charge in [0.25, 0.3) is 0 Å². The fraction of sp³-hybridized carbons (Fsp3) is 0.250. The summed E-state index contributed by atoms with van der Waals surface area (Å²) in [5, 5.41) is 11.1. The second kappa shape index (κ2) is 6.87. The molecule has 0 aliphatic carbocycles. The maximum atomic E-state index is 12.0. The highest BCUT2D eigenvalue weighted by atomic mass is 16.1. The van der Waals surface area contributed by atoms with Crippen LogP contribution in [0, 0.1) is 6.92 Å². The van der Waals surface area contributed by atoms with Crippen LogP contribution in [0.1, 0.15) is 17.5 Å². The van der Waals surface area contributed by atoms with E-state index in [0.717, 1.165) is 16.8 Å². The average molecular weight is 310 g/mol. The van der Waals surface area contributed by atoms with E-state index in [1.807, 2.05) is 37.4 Å². The lowest BCUT2D eigenvalue weighted by Crippen LogP contribution is -2.14. The minimum Gasteiger partial charge on any atom is -0.326 e. The zero-order valence-electron chi connectivity index (χ0n) is 12.9. The highest BCUT2D eigenvalue weighted by Crippen LogP contribution is 2.11. The SMILES string of the molecule is Cc1cnn(CCC(=O)Nc2ccc(Cn3cncn3)cc2)c1. The van der Waals surface area contributed by atoms with Crippen LogP contribution < -0.4 is 5.32 Å². The van der Waals surface area contributed by atoms with Crippen LogP contribution in [0.15, 0.2) is 49.3 Å². The number of anilines is 1. The Kier molecular flexibility index (Phi) is 4.46. The molecule has 0 spiro atoms. The van der Waals surface area contributed by atoms with Gasteiger partial charge in [0.1, 0.15) is 12.7 Å². The molecule has 0 saturated heterocycles. The largest absolute Gasteiger partial charge is 0.326 e. The van der Waals surface area contributed by atoms with Crippen molar-refractivity contribution in [1.82, 2.24) is 24.5 Å². The van der Waals surface area contributed by atoms with Crippen molar-refractivity contribution in [3.8, 4) is 0 Å². The van der Waals surface area contributed by atoms with Gasteiger partial charge in [0.05, 0.1) is 12.7 Å². The third-order valence-corrected chi connectivity index (χ3v) is 3.38. The van der Waals surface area contributed by atoms with Gasteiger partial charge in [-0.25, -0.2) is 9.67 Å². The van der Waals surface area contributed by atoms with E-state index < -0.39 is 0 Å². The lowest BCUT2D eigenvalue weighted by Gasteiger charge is -2.07. The molecule has 1 aromatic carbocycles. The second-order valence-corrected chi connectivity index (χ2v) is 5.37. The van der Waals surface area contributed by atoms with Crippen molar-refractivity contribution < 1.29 is 4.79 Å². The molecule has 0 aliphatic rings. The first-order valence-electron chi connectivity index (χ1n) is 7.39. The zero-order chi connectivity index (χ0) is 16.1. The van der Waals surface area contributed by atoms with Gasteiger partial charge >= 0.3 is 0 Å². The molecule has 0 saturated carbocycles. The smallest absolute Gasteiger partial charge is 0.226 e. The third kappa shape index (κ3) is 4.26. The number of benzene rings is 1. The number of hydrogen-bond donors (Lipinski definition) is 1. The van der Waals surface area contributed by atoms with Crippen molar-refractivity contribution in [2.24, 2.45) is 0 Å². The monoisotopic (exact) mass is 310 g/mol. The van der Waals surface area contributed by atoms with Gasteiger partial charge in [0.15, 0.2) is 0 Å². The summed E-state index contributed by atoms with van der Waals surface area (Å²) in [5.41, 5.74) is 2.97. The summed E-state index contributed by atoms with van der Waals surface area (Å²) in [6.07, 6.45) is 7.28. The summed E-state index contributed by atoms with van der Waals surface area (Å²) in [6, 6.07) is 7.72. The number of carbonyl (C=O) groups excluding carboxylic acids is 1. The number of aromatic nitrogens is 5. The highest BCUT2D eigenvalue weighted by molar-refractivity contribution is 5.90. The topological polar surface area (TPSA) is 77.6 Å². The van der Waals surface area contributed by atoms with Crippen molar-refractivity contribution in [2.75, 3.05) is 5.32 Å². The minimum absolute atomic E-state index is 0.0258. The van der Waals surface area contributed by atoms with Crippen LogP contribution in [0.2, 0.25) is 0 Å². The summed E-state index contributed by atoms with van der Waals surface area (Å²) in [6.45, 7) is 3.21. The first kappa shape index (κ1) is 15.0. The van der Waals surface area contributed by atoms with E-state index in [0.29, 0.717) is 19.5 Å². The fourth-order valence-corrected chi connectivity index (χ4v) is 2.22. The minimum atomic E-state index is -0.0258. The normalized spacial score (nSPS) is 10.7. The van der Waals surface area contributed by atoms with Crippen LogP contribution in [0.5, 0.6) is 0 Å². The van der Waals surface area contributed by atoms with E-state index in [1.165, 1.54) is 6.33 Å². The number of carbonyl (C=O) groups is 1. The van der Waals surface area contributed by atoms with Crippen LogP contribution in [0.4, 0.5) is 5.69 Å². The van der Waals surface area contributed by atoms with Gasteiger partial charge in [-0.15, -0.1) is 0 Å². The second-order valence-electron chi connectivity index (χ2n) is 5.37. The molecule has 3 aromatic rings. The van der Waals surface area contributed by atoms with Gasteiger partial charge in [-0.3, -0.25) is 9.48 Å². The molecule has 3 rings (SSSR count). The number of amides is 1. The summed E-state index contributed by atoms with van der Waals surface area (Å²) < 4.78 is 3.52. The van der Waals surface area contributed by atoms with Crippen LogP contribution in [0.25, 0.3) is 0 Å². The summed E-state index contributed by atoms with van der Waals surface area (Å²) in [7, 11) is 0. The standard InChI is InChI=1S/C16H18N6O/c1-13-8-18-21(9-13)7-6-16(23)20-15-4-2-14(3-5-15)10-22-12-17-11-19-22/h2-5,8-9,11-12H,6-7,10H2,1H3,(H,20,23). The summed E-state index contributed by atoms with van der Waals surface area (Å²) in [5.74, 6) is -0.0258. The molecule has 1 N–H and O–H groups in total. The van der Waals surface area contributed by atoms with Gasteiger partial charge in [-0.1, -0.05) is 12.1 Å². The van der Waals surface area contributed by atoms with Crippen molar-refractivity contribution in [2.45, 2.75) is 26.4 Å². The molecular formula is C16H18N6O. The molecule has 1 amide bonds. The maximum absolute atomic E-state index is 12.0. The Labute approximate surface area is 134 Å². The number of hydrogen-bond acceptors (Lipinski definition) is 4. The predicted octanol–water partition coefficient (Wildman–Crippen LogP) is 1.86. The Morgan fingerprint density at radius 2 is 2.00 bits per heavy atom. The number of aryl methyl sites for hydroxylation is 2. The van der Waals surface area contributed by atoms with Crippen molar-refractivity contribution >= 4 is 11.6 Å². The van der Waals surface area contributed by atoms with Crippen LogP contribution in [-0.4, -0.2) is 30.5 Å². The lowest BCUT2D eigenvalue weighted by molar-refractivity contribution is -0.116. The van der Waals surface area contributed by atoms with E-state index >= 15 is 0 Å². The van der Waals surface area contributed by atoms with Gasteiger partial charge in [0.2, 0.25) is 5.91 Å². The maximum Gasteiger partial charge on any atom is 0.226 e. The molecule has 0 unspecified atom stereocenters. The number of rotatable bonds is 6. The van der Waals surface area contributed by atoms with E-state index in [-0.39, 0.29) is 5.91 Å². The Balaban J connectivity index is 1.50. The van der Waals surface area contributed by atoms with Gasteiger partial charge in [-0.05, 0) is 30.2 Å². The number of nitrogens with one attached hydrogen (secondary N) is 1. The molecule has 2 heterocycles. The van der Waals surface area contributed by atoms with Gasteiger partial charge in [-0.2, -0.15) is 10.2 Å². The quantitative estimate of drug-likeness (QED) is 0.754. The fourth-order valence-electron chi connectivity index (χ4n) is 2.22. The van der Waals surface area contributed by atoms with Crippen LogP contribution in [0.3, 0.4) is 0 Å². The molecule has 0 radical (unpaired) electrons. The van der Waals surface area contributed by atoms with E-state index in [2.05, 4.69) is 20.5 Å². The first-order chi connectivity index (χ1) is 11.2. The molecule has 0 bridgehead atoms. The Morgan fingerprint density at radius 1 is 1.17 bits per heavy atom.